The zero-order valence-electron chi connectivity index (χ0n) is 10.6. The molecule has 1 aliphatic rings. The van der Waals surface area contributed by atoms with Crippen LogP contribution in [0.25, 0.3) is 0 Å². The Bertz CT molecular complexity index is 502. The molecule has 2 aromatic rings. The van der Waals surface area contributed by atoms with E-state index in [0.29, 0.717) is 6.54 Å². The minimum Gasteiger partial charge on any atom is -0.488 e. The smallest absolute Gasteiger partial charge is 0.123 e. The van der Waals surface area contributed by atoms with Crippen molar-refractivity contribution >= 4 is 11.3 Å². The quantitative estimate of drug-likeness (QED) is 0.880. The number of aliphatic hydroxyl groups excluding tert-OH is 1. The van der Waals surface area contributed by atoms with Crippen molar-refractivity contribution in [2.75, 3.05) is 13.1 Å². The van der Waals surface area contributed by atoms with Crippen LogP contribution in [0.1, 0.15) is 17.2 Å². The molecule has 0 bridgehead atoms. The molecule has 0 saturated heterocycles. The lowest BCUT2D eigenvalue weighted by Gasteiger charge is -2.14. The summed E-state index contributed by atoms with van der Waals surface area (Å²) in [5, 5.41) is 17.2. The second-order valence-electron chi connectivity index (χ2n) is 4.78. The maximum atomic E-state index is 9.96. The minimum absolute atomic E-state index is 0.173. The van der Waals surface area contributed by atoms with Crippen molar-refractivity contribution in [3.63, 3.8) is 0 Å². The number of para-hydroxylation sites is 1. The van der Waals surface area contributed by atoms with Crippen LogP contribution in [0, 0.1) is 0 Å². The predicted molar refractivity (Wildman–Crippen MR) is 76.7 cm³/mol. The first-order valence-corrected chi connectivity index (χ1v) is 7.42. The SMILES string of the molecule is OC(CNCC1Cc2ccccc2O1)c1ccsc1. The van der Waals surface area contributed by atoms with Gasteiger partial charge in [-0.3, -0.25) is 0 Å². The Balaban J connectivity index is 1.45. The van der Waals surface area contributed by atoms with Gasteiger partial charge in [0.25, 0.3) is 0 Å². The maximum absolute atomic E-state index is 9.96. The molecule has 100 valence electrons. The fraction of sp³-hybridized carbons (Fsp3) is 0.333. The summed E-state index contributed by atoms with van der Waals surface area (Å²) in [6, 6.07) is 10.1. The Hall–Kier alpha value is -1.36. The van der Waals surface area contributed by atoms with Gasteiger partial charge in [-0.15, -0.1) is 0 Å². The molecular formula is C15H17NO2S. The summed E-state index contributed by atoms with van der Waals surface area (Å²) < 4.78 is 5.84. The lowest BCUT2D eigenvalue weighted by atomic mass is 10.1. The van der Waals surface area contributed by atoms with E-state index in [-0.39, 0.29) is 6.10 Å². The zero-order chi connectivity index (χ0) is 13.1. The summed E-state index contributed by atoms with van der Waals surface area (Å²) in [5.41, 5.74) is 2.25. The van der Waals surface area contributed by atoms with E-state index in [2.05, 4.69) is 11.4 Å². The van der Waals surface area contributed by atoms with E-state index in [9.17, 15) is 5.11 Å². The molecule has 0 amide bonds. The minimum atomic E-state index is -0.435. The summed E-state index contributed by atoms with van der Waals surface area (Å²) >= 11 is 1.61. The van der Waals surface area contributed by atoms with E-state index in [1.807, 2.05) is 35.0 Å². The Morgan fingerprint density at radius 2 is 2.26 bits per heavy atom. The van der Waals surface area contributed by atoms with Crippen LogP contribution >= 0.6 is 11.3 Å². The molecular weight excluding hydrogens is 258 g/mol. The Morgan fingerprint density at radius 3 is 3.05 bits per heavy atom. The number of rotatable bonds is 5. The maximum Gasteiger partial charge on any atom is 0.123 e. The summed E-state index contributed by atoms with van der Waals surface area (Å²) in [6.45, 7) is 1.32. The third kappa shape index (κ3) is 2.97. The van der Waals surface area contributed by atoms with E-state index in [4.69, 9.17) is 4.74 Å². The van der Waals surface area contributed by atoms with Crippen LogP contribution in [0.15, 0.2) is 41.1 Å². The van der Waals surface area contributed by atoms with Crippen LogP contribution in [-0.2, 0) is 6.42 Å². The van der Waals surface area contributed by atoms with Crippen LogP contribution in [0.3, 0.4) is 0 Å². The monoisotopic (exact) mass is 275 g/mol. The van der Waals surface area contributed by atoms with Crippen molar-refractivity contribution in [1.82, 2.24) is 5.32 Å². The van der Waals surface area contributed by atoms with E-state index in [1.54, 1.807) is 11.3 Å². The molecule has 2 N–H and O–H groups in total. The average molecular weight is 275 g/mol. The number of hydrogen-bond acceptors (Lipinski definition) is 4. The first-order chi connectivity index (χ1) is 9.33. The van der Waals surface area contributed by atoms with Gasteiger partial charge in [0, 0.05) is 19.5 Å². The topological polar surface area (TPSA) is 41.5 Å². The summed E-state index contributed by atoms with van der Waals surface area (Å²) in [5.74, 6) is 0.993. The molecule has 3 nitrogen and oxygen atoms in total. The van der Waals surface area contributed by atoms with Gasteiger partial charge in [0.15, 0.2) is 0 Å². The summed E-state index contributed by atoms with van der Waals surface area (Å²) in [7, 11) is 0. The molecule has 4 heteroatoms. The number of nitrogens with one attached hydrogen (secondary N) is 1. The average Bonchev–Trinajstić information content (AvgIpc) is 3.07. The fourth-order valence-corrected chi connectivity index (χ4v) is 3.04. The van der Waals surface area contributed by atoms with Crippen molar-refractivity contribution in [2.45, 2.75) is 18.6 Å². The second-order valence-corrected chi connectivity index (χ2v) is 5.56. The molecule has 0 spiro atoms. The molecule has 0 radical (unpaired) electrons. The number of aliphatic hydroxyl groups is 1. The summed E-state index contributed by atoms with van der Waals surface area (Å²) in [4.78, 5) is 0. The third-order valence-corrected chi connectivity index (χ3v) is 4.05. The van der Waals surface area contributed by atoms with Gasteiger partial charge < -0.3 is 15.2 Å². The van der Waals surface area contributed by atoms with Crippen LogP contribution in [0.4, 0.5) is 0 Å². The Kier molecular flexibility index (Phi) is 3.82. The molecule has 1 aromatic heterocycles. The van der Waals surface area contributed by atoms with Gasteiger partial charge in [0.05, 0.1) is 6.10 Å². The molecule has 1 aromatic carbocycles. The Morgan fingerprint density at radius 1 is 1.37 bits per heavy atom. The van der Waals surface area contributed by atoms with Crippen molar-refractivity contribution < 1.29 is 9.84 Å². The van der Waals surface area contributed by atoms with Gasteiger partial charge in [-0.25, -0.2) is 0 Å². The van der Waals surface area contributed by atoms with Gasteiger partial charge in [-0.1, -0.05) is 18.2 Å². The highest BCUT2D eigenvalue weighted by Crippen LogP contribution is 2.27. The second kappa shape index (κ2) is 5.74. The highest BCUT2D eigenvalue weighted by molar-refractivity contribution is 7.07. The highest BCUT2D eigenvalue weighted by atomic mass is 32.1. The lowest BCUT2D eigenvalue weighted by molar-refractivity contribution is 0.164. The number of thiophene rings is 1. The number of benzene rings is 1. The molecule has 19 heavy (non-hydrogen) atoms. The summed E-state index contributed by atoms with van der Waals surface area (Å²) in [6.07, 6.45) is 0.680. The normalized spacial score (nSPS) is 18.9. The van der Waals surface area contributed by atoms with Crippen LogP contribution < -0.4 is 10.1 Å². The molecule has 2 atom stereocenters. The van der Waals surface area contributed by atoms with Crippen molar-refractivity contribution in [1.29, 1.82) is 0 Å². The predicted octanol–water partition coefficient (Wildman–Crippen LogP) is 2.37. The lowest BCUT2D eigenvalue weighted by Crippen LogP contribution is -2.32. The van der Waals surface area contributed by atoms with Gasteiger partial charge in [-0.2, -0.15) is 11.3 Å². The van der Waals surface area contributed by atoms with Gasteiger partial charge in [0.2, 0.25) is 0 Å². The first kappa shape index (κ1) is 12.7. The molecule has 2 unspecified atom stereocenters. The number of ether oxygens (including phenoxy) is 1. The van der Waals surface area contributed by atoms with Crippen molar-refractivity contribution in [3.8, 4) is 5.75 Å². The van der Waals surface area contributed by atoms with Crippen LogP contribution in [0.5, 0.6) is 5.75 Å². The Labute approximate surface area is 116 Å². The van der Waals surface area contributed by atoms with Gasteiger partial charge in [-0.05, 0) is 34.0 Å². The van der Waals surface area contributed by atoms with Crippen LogP contribution in [-0.4, -0.2) is 24.3 Å². The van der Waals surface area contributed by atoms with E-state index >= 15 is 0 Å². The molecule has 2 heterocycles. The van der Waals surface area contributed by atoms with Crippen LogP contribution in [0.2, 0.25) is 0 Å². The van der Waals surface area contributed by atoms with Gasteiger partial charge in [0.1, 0.15) is 11.9 Å². The van der Waals surface area contributed by atoms with Crippen molar-refractivity contribution in [2.24, 2.45) is 0 Å². The number of fused-ring (bicyclic) bond motifs is 1. The standard InChI is InChI=1S/C15H17NO2S/c17-14(12-5-6-19-10-12)9-16-8-13-7-11-3-1-2-4-15(11)18-13/h1-6,10,13-14,16-17H,7-9H2. The van der Waals surface area contributed by atoms with E-state index < -0.39 is 6.10 Å². The zero-order valence-corrected chi connectivity index (χ0v) is 11.4. The molecule has 0 fully saturated rings. The van der Waals surface area contributed by atoms with Gasteiger partial charge >= 0.3 is 0 Å². The molecule has 3 rings (SSSR count). The fourth-order valence-electron chi connectivity index (χ4n) is 2.33. The van der Waals surface area contributed by atoms with E-state index in [0.717, 1.165) is 24.3 Å². The third-order valence-electron chi connectivity index (χ3n) is 3.35. The van der Waals surface area contributed by atoms with Crippen molar-refractivity contribution in [3.05, 3.63) is 52.2 Å². The first-order valence-electron chi connectivity index (χ1n) is 6.48. The molecule has 0 saturated carbocycles. The largest absolute Gasteiger partial charge is 0.488 e. The molecule has 0 aliphatic carbocycles. The van der Waals surface area contributed by atoms with E-state index in [1.165, 1.54) is 5.56 Å². The highest BCUT2D eigenvalue weighted by Gasteiger charge is 2.22. The molecule has 1 aliphatic heterocycles. The number of hydrogen-bond donors (Lipinski definition) is 2.